The topological polar surface area (TPSA) is 202 Å². The predicted octanol–water partition coefficient (Wildman–Crippen LogP) is 5.22. The molecule has 0 unspecified atom stereocenters. The van der Waals surface area contributed by atoms with Crippen LogP contribution in [0.3, 0.4) is 0 Å². The van der Waals surface area contributed by atoms with E-state index in [0.29, 0.717) is 12.2 Å². The highest BCUT2D eigenvalue weighted by atomic mass is 32.1. The highest BCUT2D eigenvalue weighted by Crippen LogP contribution is 2.40. The second-order valence-electron chi connectivity index (χ2n) is 16.5. The van der Waals surface area contributed by atoms with Crippen LogP contribution in [0.4, 0.5) is 9.59 Å². The molecule has 1 amide bonds. The Balaban J connectivity index is 1.49. The number of aliphatic hydroxyl groups is 1. The van der Waals surface area contributed by atoms with Gasteiger partial charge in [0.25, 0.3) is 0 Å². The Bertz CT molecular complexity index is 1860. The summed E-state index contributed by atoms with van der Waals surface area (Å²) in [7, 11) is 3.63. The van der Waals surface area contributed by atoms with E-state index in [-0.39, 0.29) is 31.3 Å². The molecule has 2 aromatic heterocycles. The Kier molecular flexibility index (Phi) is 14.7. The summed E-state index contributed by atoms with van der Waals surface area (Å²) in [5.41, 5.74) is -3.26. The molecule has 59 heavy (non-hydrogen) atoms. The maximum atomic E-state index is 14.4. The molecule has 17 heteroatoms. The molecule has 0 aromatic carbocycles. The Morgan fingerprint density at radius 1 is 1.05 bits per heavy atom. The molecule has 3 aliphatic heterocycles. The number of likely N-dealkylation sites (N-methyl/N-ethyl adjacent to an activating group) is 1. The van der Waals surface area contributed by atoms with E-state index in [2.05, 4.69) is 15.3 Å². The molecule has 2 aromatic rings. The summed E-state index contributed by atoms with van der Waals surface area (Å²) in [4.78, 5) is 81.2. The fourth-order valence-corrected chi connectivity index (χ4v) is 9.46. The van der Waals surface area contributed by atoms with Crippen molar-refractivity contribution in [2.75, 3.05) is 20.7 Å². The summed E-state index contributed by atoms with van der Waals surface area (Å²) in [5.74, 6) is -5.52. The number of ketones is 2. The van der Waals surface area contributed by atoms with Crippen LogP contribution >= 0.6 is 11.3 Å². The third-order valence-electron chi connectivity index (χ3n) is 11.8. The second kappa shape index (κ2) is 19.0. The molecule has 5 heterocycles. The third-order valence-corrected chi connectivity index (χ3v) is 12.8. The van der Waals surface area contributed by atoms with E-state index in [9.17, 15) is 29.1 Å². The smallest absolute Gasteiger partial charge is 0.458 e. The number of hydrogen-bond donors (Lipinski definition) is 2. The molecule has 0 bridgehead atoms. The fraction of sp³-hybridized carbons (Fsp3) is 0.643. The number of hydrogen-bond acceptors (Lipinski definition) is 16. The number of fused-ring (bicyclic) bond motifs is 1. The van der Waals surface area contributed by atoms with Gasteiger partial charge in [0.15, 0.2) is 23.5 Å². The van der Waals surface area contributed by atoms with Gasteiger partial charge >= 0.3 is 18.2 Å². The Hall–Kier alpha value is -4.29. The first-order valence-electron chi connectivity index (χ1n) is 20.1. The standard InChI is InChI=1S/C42H58N4O12S/c1-11-30-42(8)34(45-39(51)57-42)24(4)31(47)22(2)21-41(7,58-40(52)53-19-12-14-27-15-16-29(59-27)36-43-17-13-18-44-36)35(25(5)32(48)26(6)37(50)55-30)56-38-33(49)28(46(9)10)20-23(3)54-38/h12-18,22-26,28,30,33-35,38,49H,11,19-21H2,1-10H3,(H,45,51)/t22-,23-,24+,25+,26-,28+,30-,33-,34-,35-,38+,41-,42-/m1/s1. The molecule has 0 aliphatic carbocycles. The molecule has 2 N–H and O–H groups in total. The van der Waals surface area contributed by atoms with E-state index >= 15 is 0 Å². The van der Waals surface area contributed by atoms with E-state index in [1.54, 1.807) is 58.3 Å². The monoisotopic (exact) mass is 842 g/mol. The van der Waals surface area contributed by atoms with Crippen LogP contribution < -0.4 is 5.32 Å². The molecule has 3 fully saturated rings. The minimum atomic E-state index is -1.81. The van der Waals surface area contributed by atoms with Crippen LogP contribution in [0.25, 0.3) is 16.8 Å². The van der Waals surface area contributed by atoms with Gasteiger partial charge in [-0.05, 0) is 91.4 Å². The SMILES string of the molecule is CC[C@H]1OC(=O)[C@H](C)C(=O)[C@H](C)[C@@H](O[C@@H]2O[C@H](C)C[C@H](N(C)C)[C@H]2O)[C@](C)(OC(=O)OCC=Cc2ccc(-c3ncccn3)s2)C[C@@H](C)C(=O)[C@H](C)[C@H]2NC(=O)O[C@@]21C. The van der Waals surface area contributed by atoms with Crippen molar-refractivity contribution in [1.82, 2.24) is 20.2 Å². The maximum Gasteiger partial charge on any atom is 0.509 e. The number of nitrogens with one attached hydrogen (secondary N) is 1. The molecule has 3 saturated heterocycles. The van der Waals surface area contributed by atoms with Crippen LogP contribution in [-0.4, -0.2) is 124 Å². The highest BCUT2D eigenvalue weighted by Gasteiger charge is 2.57. The zero-order valence-electron chi connectivity index (χ0n) is 35.4. The fourth-order valence-electron chi connectivity index (χ4n) is 8.57. The summed E-state index contributed by atoms with van der Waals surface area (Å²) in [6, 6.07) is 4.20. The molecule has 13 atom stereocenters. The molecule has 5 rings (SSSR count). The Morgan fingerprint density at radius 3 is 2.41 bits per heavy atom. The molecule has 324 valence electrons. The van der Waals surface area contributed by atoms with Crippen molar-refractivity contribution in [3.8, 4) is 10.7 Å². The zero-order chi connectivity index (χ0) is 43.4. The van der Waals surface area contributed by atoms with Crippen molar-refractivity contribution in [1.29, 1.82) is 0 Å². The average molecular weight is 843 g/mol. The number of Topliss-reactive ketones (excluding diaryl/α,β-unsaturated/α-hetero) is 2. The lowest BCUT2D eigenvalue weighted by atomic mass is 9.73. The van der Waals surface area contributed by atoms with Gasteiger partial charge in [-0.15, -0.1) is 11.3 Å². The first kappa shape index (κ1) is 45.8. The lowest BCUT2D eigenvalue weighted by Crippen LogP contribution is -2.60. The Labute approximate surface area is 349 Å². The number of carbonyl (C=O) groups is 5. The van der Waals surface area contributed by atoms with Gasteiger partial charge in [0.05, 0.1) is 17.0 Å². The van der Waals surface area contributed by atoms with Crippen molar-refractivity contribution >= 4 is 47.2 Å². The number of aliphatic hydroxyl groups excluding tert-OH is 1. The molecule has 16 nitrogen and oxygen atoms in total. The van der Waals surface area contributed by atoms with Crippen LogP contribution in [0.2, 0.25) is 0 Å². The molecule has 0 saturated carbocycles. The maximum absolute atomic E-state index is 14.4. The van der Waals surface area contributed by atoms with Gasteiger partial charge in [-0.1, -0.05) is 27.7 Å². The summed E-state index contributed by atoms with van der Waals surface area (Å²) >= 11 is 1.45. The van der Waals surface area contributed by atoms with Crippen molar-refractivity contribution in [3.05, 3.63) is 41.5 Å². The summed E-state index contributed by atoms with van der Waals surface area (Å²) in [5, 5.41) is 14.3. The van der Waals surface area contributed by atoms with Gasteiger partial charge in [0.2, 0.25) is 0 Å². The number of esters is 1. The van der Waals surface area contributed by atoms with Crippen LogP contribution in [0.5, 0.6) is 0 Å². The number of rotatable bonds is 9. The first-order valence-corrected chi connectivity index (χ1v) is 20.9. The number of aromatic nitrogens is 2. The highest BCUT2D eigenvalue weighted by molar-refractivity contribution is 7.16. The third kappa shape index (κ3) is 10.2. The molecule has 3 aliphatic rings. The van der Waals surface area contributed by atoms with E-state index in [1.807, 2.05) is 38.1 Å². The van der Waals surface area contributed by atoms with Gasteiger partial charge in [-0.2, -0.15) is 0 Å². The largest absolute Gasteiger partial charge is 0.509 e. The van der Waals surface area contributed by atoms with E-state index in [1.165, 1.54) is 32.1 Å². The van der Waals surface area contributed by atoms with Crippen LogP contribution in [0.1, 0.15) is 79.5 Å². The summed E-state index contributed by atoms with van der Waals surface area (Å²) in [6.07, 6.45) is 0.0908. The quantitative estimate of drug-likeness (QED) is 0.189. The number of ether oxygens (including phenoxy) is 6. The molecular formula is C42H58N4O12S. The van der Waals surface area contributed by atoms with Crippen LogP contribution in [0, 0.1) is 23.7 Å². The molecular weight excluding hydrogens is 785 g/mol. The first-order chi connectivity index (χ1) is 27.8. The summed E-state index contributed by atoms with van der Waals surface area (Å²) < 4.78 is 36.0. The summed E-state index contributed by atoms with van der Waals surface area (Å²) in [6.45, 7) is 12.8. The number of amides is 1. The number of thiophene rings is 1. The van der Waals surface area contributed by atoms with Crippen molar-refractivity contribution in [3.63, 3.8) is 0 Å². The number of cyclic esters (lactones) is 1. The Morgan fingerprint density at radius 2 is 1.75 bits per heavy atom. The lowest BCUT2D eigenvalue weighted by Gasteiger charge is -2.46. The van der Waals surface area contributed by atoms with Gasteiger partial charge in [-0.3, -0.25) is 14.4 Å². The molecule has 0 radical (unpaired) electrons. The van der Waals surface area contributed by atoms with Gasteiger partial charge in [0.1, 0.15) is 42.2 Å². The number of alkyl carbamates (subject to hydrolysis) is 1. The minimum Gasteiger partial charge on any atom is -0.458 e. The van der Waals surface area contributed by atoms with Crippen LogP contribution in [0.15, 0.2) is 36.7 Å². The predicted molar refractivity (Wildman–Crippen MR) is 216 cm³/mol. The molecule has 0 spiro atoms. The number of carbonyl (C=O) groups excluding carboxylic acids is 5. The van der Waals surface area contributed by atoms with Gasteiger partial charge in [-0.25, -0.2) is 19.6 Å². The minimum absolute atomic E-state index is 0.188. The zero-order valence-corrected chi connectivity index (χ0v) is 36.2. The van der Waals surface area contributed by atoms with E-state index < -0.39 is 95.6 Å². The lowest BCUT2D eigenvalue weighted by molar-refractivity contribution is -0.293. The van der Waals surface area contributed by atoms with Gasteiger partial charge in [0, 0.05) is 41.1 Å². The normalized spacial score (nSPS) is 36.0. The van der Waals surface area contributed by atoms with Crippen molar-refractivity contribution in [2.24, 2.45) is 23.7 Å². The van der Waals surface area contributed by atoms with Crippen molar-refractivity contribution in [2.45, 2.75) is 129 Å². The second-order valence-corrected chi connectivity index (χ2v) is 17.6. The van der Waals surface area contributed by atoms with E-state index in [0.717, 1.165) is 9.75 Å². The van der Waals surface area contributed by atoms with Crippen molar-refractivity contribution < 1.29 is 57.5 Å². The van der Waals surface area contributed by atoms with E-state index in [4.69, 9.17) is 28.4 Å². The average Bonchev–Trinajstić information content (AvgIpc) is 3.80. The number of nitrogens with zero attached hydrogens (tertiary/aromatic N) is 3. The van der Waals surface area contributed by atoms with Crippen LogP contribution in [-0.2, 0) is 42.8 Å². The van der Waals surface area contributed by atoms with Gasteiger partial charge < -0.3 is 43.7 Å².